The van der Waals surface area contributed by atoms with Crippen LogP contribution < -0.4 is 5.56 Å². The van der Waals surface area contributed by atoms with Gasteiger partial charge in [-0.15, -0.1) is 0 Å². The van der Waals surface area contributed by atoms with Crippen LogP contribution in [0.15, 0.2) is 15.6 Å². The second-order valence-electron chi connectivity index (χ2n) is 4.16. The van der Waals surface area contributed by atoms with E-state index < -0.39 is 0 Å². The molecule has 0 saturated carbocycles. The second-order valence-corrected chi connectivity index (χ2v) is 5.69. The molecule has 0 amide bonds. The maximum Gasteiger partial charge on any atom is 0.269 e. The van der Waals surface area contributed by atoms with Crippen LogP contribution in [0, 0.1) is 0 Å². The lowest BCUT2D eigenvalue weighted by Gasteiger charge is -2.08. The Morgan fingerprint density at radius 1 is 1.35 bits per heavy atom. The van der Waals surface area contributed by atoms with E-state index in [9.17, 15) is 4.79 Å². The van der Waals surface area contributed by atoms with E-state index in [0.717, 1.165) is 17.8 Å². The van der Waals surface area contributed by atoms with Crippen LogP contribution in [-0.2, 0) is 19.5 Å². The van der Waals surface area contributed by atoms with Gasteiger partial charge in [0.15, 0.2) is 5.15 Å². The zero-order valence-corrected chi connectivity index (χ0v) is 14.1. The van der Waals surface area contributed by atoms with Crippen molar-refractivity contribution in [1.29, 1.82) is 0 Å². The molecule has 0 saturated heterocycles. The van der Waals surface area contributed by atoms with Crippen LogP contribution in [0.25, 0.3) is 0 Å². The van der Waals surface area contributed by atoms with Gasteiger partial charge in [-0.1, -0.05) is 30.1 Å². The molecule has 0 aromatic carbocycles. The van der Waals surface area contributed by atoms with Crippen LogP contribution >= 0.6 is 39.1 Å². The van der Waals surface area contributed by atoms with Gasteiger partial charge in [0.25, 0.3) is 5.56 Å². The predicted molar refractivity (Wildman–Crippen MR) is 82.6 cm³/mol. The van der Waals surface area contributed by atoms with Crippen molar-refractivity contribution in [2.75, 3.05) is 0 Å². The molecule has 0 spiro atoms. The number of aromatic nitrogens is 4. The quantitative estimate of drug-likeness (QED) is 0.766. The van der Waals surface area contributed by atoms with Crippen molar-refractivity contribution in [3.63, 3.8) is 0 Å². The van der Waals surface area contributed by atoms with Gasteiger partial charge in [-0.2, -0.15) is 5.10 Å². The minimum absolute atomic E-state index is 0.149. The molecule has 0 radical (unpaired) electrons. The Kier molecular flexibility index (Phi) is 4.88. The summed E-state index contributed by atoms with van der Waals surface area (Å²) in [5, 5.41) is 5.18. The highest BCUT2D eigenvalue weighted by Gasteiger charge is 2.16. The Morgan fingerprint density at radius 3 is 2.65 bits per heavy atom. The highest BCUT2D eigenvalue weighted by atomic mass is 79.9. The van der Waals surface area contributed by atoms with Gasteiger partial charge >= 0.3 is 0 Å². The molecular weight excluding hydrogens is 367 g/mol. The van der Waals surface area contributed by atoms with E-state index >= 15 is 0 Å². The molecule has 0 atom stereocenters. The monoisotopic (exact) mass is 378 g/mol. The Morgan fingerprint density at radius 2 is 2.05 bits per heavy atom. The fourth-order valence-electron chi connectivity index (χ4n) is 1.89. The fraction of sp³-hybridized carbons (Fsp3) is 0.417. The molecule has 2 aromatic heterocycles. The molecule has 0 unspecified atom stereocenters. The first kappa shape index (κ1) is 15.5. The van der Waals surface area contributed by atoms with E-state index in [4.69, 9.17) is 23.2 Å². The fourth-order valence-corrected chi connectivity index (χ4v) is 2.67. The molecule has 0 aliphatic carbocycles. The van der Waals surface area contributed by atoms with Crippen molar-refractivity contribution in [3.8, 4) is 0 Å². The Hall–Kier alpha value is -0.850. The summed E-state index contributed by atoms with van der Waals surface area (Å²) in [6, 6.07) is 0. The Labute approximate surface area is 134 Å². The summed E-state index contributed by atoms with van der Waals surface area (Å²) in [5.74, 6) is 0. The van der Waals surface area contributed by atoms with Gasteiger partial charge < -0.3 is 0 Å². The third-order valence-electron chi connectivity index (χ3n) is 2.95. The van der Waals surface area contributed by atoms with Crippen LogP contribution in [-0.4, -0.2) is 19.3 Å². The highest BCUT2D eigenvalue weighted by Crippen LogP contribution is 2.22. The van der Waals surface area contributed by atoms with E-state index in [1.165, 1.54) is 10.9 Å². The predicted octanol–water partition coefficient (Wildman–Crippen LogP) is 3.14. The normalized spacial score (nSPS) is 11.1. The lowest BCUT2D eigenvalue weighted by atomic mass is 10.3. The van der Waals surface area contributed by atoms with E-state index in [0.29, 0.717) is 18.1 Å². The standard InChI is InChI=1S/C12H13BrCl2N4O/c1-3-7-10(14)8(19(4-2)17-7)5-18-6-16-11(15)9(13)12(18)20/h6H,3-5H2,1-2H3. The highest BCUT2D eigenvalue weighted by molar-refractivity contribution is 9.10. The maximum absolute atomic E-state index is 12.1. The van der Waals surface area contributed by atoms with Crippen LogP contribution in [0.4, 0.5) is 0 Å². The first-order chi connectivity index (χ1) is 9.49. The van der Waals surface area contributed by atoms with E-state index in [1.54, 1.807) is 4.68 Å². The average molecular weight is 380 g/mol. The third-order valence-corrected chi connectivity index (χ3v) is 4.62. The molecule has 0 aliphatic heterocycles. The molecule has 0 N–H and O–H groups in total. The van der Waals surface area contributed by atoms with Crippen LogP contribution in [0.3, 0.4) is 0 Å². The zero-order valence-electron chi connectivity index (χ0n) is 11.0. The minimum atomic E-state index is -0.247. The van der Waals surface area contributed by atoms with Crippen molar-refractivity contribution in [2.24, 2.45) is 0 Å². The van der Waals surface area contributed by atoms with Crippen molar-refractivity contribution >= 4 is 39.1 Å². The largest absolute Gasteiger partial charge is 0.292 e. The molecule has 0 bridgehead atoms. The summed E-state index contributed by atoms with van der Waals surface area (Å²) < 4.78 is 3.50. The summed E-state index contributed by atoms with van der Waals surface area (Å²) in [5.41, 5.74) is 1.38. The van der Waals surface area contributed by atoms with Gasteiger partial charge in [0, 0.05) is 6.54 Å². The number of nitrogens with zero attached hydrogens (tertiary/aromatic N) is 4. The molecule has 5 nitrogen and oxygen atoms in total. The van der Waals surface area contributed by atoms with Crippen molar-refractivity contribution in [3.05, 3.63) is 42.7 Å². The first-order valence-corrected chi connectivity index (χ1v) is 7.68. The third kappa shape index (κ3) is 2.77. The summed E-state index contributed by atoms with van der Waals surface area (Å²) in [4.78, 5) is 16.1. The summed E-state index contributed by atoms with van der Waals surface area (Å²) >= 11 is 15.2. The molecular formula is C12H13BrCl2N4O. The molecule has 0 aliphatic rings. The number of aryl methyl sites for hydroxylation is 2. The van der Waals surface area contributed by atoms with E-state index in [2.05, 4.69) is 26.0 Å². The molecule has 2 rings (SSSR count). The topological polar surface area (TPSA) is 52.7 Å². The second kappa shape index (κ2) is 6.28. The molecule has 2 aromatic rings. The van der Waals surface area contributed by atoms with Gasteiger partial charge in [0.2, 0.25) is 0 Å². The van der Waals surface area contributed by atoms with Crippen LogP contribution in [0.5, 0.6) is 0 Å². The van der Waals surface area contributed by atoms with Crippen molar-refractivity contribution < 1.29 is 0 Å². The van der Waals surface area contributed by atoms with E-state index in [1.807, 2.05) is 13.8 Å². The van der Waals surface area contributed by atoms with Crippen molar-refractivity contribution in [2.45, 2.75) is 33.4 Å². The molecule has 2 heterocycles. The van der Waals surface area contributed by atoms with Gasteiger partial charge in [0.1, 0.15) is 4.47 Å². The minimum Gasteiger partial charge on any atom is -0.292 e. The lowest BCUT2D eigenvalue weighted by Crippen LogP contribution is -2.23. The first-order valence-electron chi connectivity index (χ1n) is 6.14. The Balaban J connectivity index is 2.47. The molecule has 8 heteroatoms. The van der Waals surface area contributed by atoms with Gasteiger partial charge in [-0.3, -0.25) is 14.0 Å². The Bertz CT molecular complexity index is 695. The summed E-state index contributed by atoms with van der Waals surface area (Å²) in [7, 11) is 0. The smallest absolute Gasteiger partial charge is 0.269 e. The zero-order chi connectivity index (χ0) is 14.9. The SMILES string of the molecule is CCc1nn(CC)c(Cn2cnc(Cl)c(Br)c2=O)c1Cl. The van der Waals surface area contributed by atoms with Crippen LogP contribution in [0.2, 0.25) is 10.2 Å². The average Bonchev–Trinajstić information content (AvgIpc) is 2.75. The van der Waals surface area contributed by atoms with Gasteiger partial charge in [-0.25, -0.2) is 4.98 Å². The number of hydrogen-bond acceptors (Lipinski definition) is 3. The number of rotatable bonds is 4. The van der Waals surface area contributed by atoms with E-state index in [-0.39, 0.29) is 15.2 Å². The van der Waals surface area contributed by atoms with Gasteiger partial charge in [-0.05, 0) is 29.3 Å². The van der Waals surface area contributed by atoms with Crippen molar-refractivity contribution in [1.82, 2.24) is 19.3 Å². The summed E-state index contributed by atoms with van der Waals surface area (Å²) in [6.45, 7) is 4.96. The maximum atomic E-state index is 12.1. The lowest BCUT2D eigenvalue weighted by molar-refractivity contribution is 0.585. The van der Waals surface area contributed by atoms with Gasteiger partial charge in [0.05, 0.1) is 29.3 Å². The molecule has 108 valence electrons. The molecule has 0 fully saturated rings. The number of halogens is 3. The number of hydrogen-bond donors (Lipinski definition) is 0. The van der Waals surface area contributed by atoms with Crippen LogP contribution in [0.1, 0.15) is 25.2 Å². The molecule has 20 heavy (non-hydrogen) atoms. The summed E-state index contributed by atoms with van der Waals surface area (Å²) in [6.07, 6.45) is 2.15.